The summed E-state index contributed by atoms with van der Waals surface area (Å²) in [4.78, 5) is 12.2. The lowest BCUT2D eigenvalue weighted by Gasteiger charge is -2.19. The Morgan fingerprint density at radius 1 is 1.29 bits per heavy atom. The largest absolute Gasteiger partial charge is 0.455 e. The summed E-state index contributed by atoms with van der Waals surface area (Å²) < 4.78 is 6.95. The second-order valence-electron chi connectivity index (χ2n) is 5.76. The summed E-state index contributed by atoms with van der Waals surface area (Å²) in [6, 6.07) is 9.08. The summed E-state index contributed by atoms with van der Waals surface area (Å²) >= 11 is 0. The molecule has 0 bridgehead atoms. The summed E-state index contributed by atoms with van der Waals surface area (Å²) in [5.74, 6) is -0.456. The lowest BCUT2D eigenvalue weighted by atomic mass is 10.0. The van der Waals surface area contributed by atoms with Crippen LogP contribution in [0.5, 0.6) is 0 Å². The highest BCUT2D eigenvalue weighted by atomic mass is 16.6. The van der Waals surface area contributed by atoms with Crippen LogP contribution in [0.1, 0.15) is 36.8 Å². The highest BCUT2D eigenvalue weighted by molar-refractivity contribution is 5.95. The minimum Gasteiger partial charge on any atom is -0.455 e. The number of aryl methyl sites for hydroxylation is 1. The zero-order chi connectivity index (χ0) is 15.6. The number of carbonyl (C=O) groups excluding carboxylic acids is 1. The monoisotopic (exact) mass is 283 g/mol. The van der Waals surface area contributed by atoms with Gasteiger partial charge in [0.05, 0.1) is 11.6 Å². The van der Waals surface area contributed by atoms with E-state index in [0.29, 0.717) is 11.1 Å². The number of carbonyl (C=O) groups is 1. The molecule has 5 heteroatoms. The average Bonchev–Trinajstić information content (AvgIpc) is 2.79. The summed E-state index contributed by atoms with van der Waals surface area (Å²) in [7, 11) is 1.75. The summed E-state index contributed by atoms with van der Waals surface area (Å²) in [6.07, 6.45) is 1.76. The Labute approximate surface area is 123 Å². The van der Waals surface area contributed by atoms with Crippen LogP contribution in [0.2, 0.25) is 0 Å². The molecular weight excluding hydrogens is 266 g/mol. The highest BCUT2D eigenvalue weighted by Crippen LogP contribution is 2.25. The molecule has 0 saturated carbocycles. The van der Waals surface area contributed by atoms with Gasteiger partial charge in [-0.25, -0.2) is 4.79 Å². The summed E-state index contributed by atoms with van der Waals surface area (Å²) in [5.41, 5.74) is 1.79. The van der Waals surface area contributed by atoms with Crippen molar-refractivity contribution in [3.05, 3.63) is 41.7 Å². The fourth-order valence-electron chi connectivity index (χ4n) is 1.90. The molecule has 2 rings (SSSR count). The molecule has 108 valence electrons. The van der Waals surface area contributed by atoms with Crippen LogP contribution in [0.4, 0.5) is 0 Å². The standard InChI is InChI=1S/C16H17N3O2/c1-16(2,3)21-15(20)14-13(10-19(4)18-14)12-7-5-11(9-17)6-8-12/h5-8,10H,1-4H3. The molecular formula is C16H17N3O2. The number of benzene rings is 1. The molecule has 1 heterocycles. The van der Waals surface area contributed by atoms with Crippen molar-refractivity contribution in [1.82, 2.24) is 9.78 Å². The van der Waals surface area contributed by atoms with Gasteiger partial charge < -0.3 is 4.74 Å². The number of hydrogen-bond acceptors (Lipinski definition) is 4. The Morgan fingerprint density at radius 2 is 1.90 bits per heavy atom. The maximum Gasteiger partial charge on any atom is 0.360 e. The molecule has 0 unspecified atom stereocenters. The Bertz CT molecular complexity index is 701. The van der Waals surface area contributed by atoms with Gasteiger partial charge in [-0.3, -0.25) is 4.68 Å². The Kier molecular flexibility index (Phi) is 3.81. The fraction of sp³-hybridized carbons (Fsp3) is 0.312. The van der Waals surface area contributed by atoms with Gasteiger partial charge in [-0.05, 0) is 38.5 Å². The van der Waals surface area contributed by atoms with Crippen LogP contribution in [-0.2, 0) is 11.8 Å². The lowest BCUT2D eigenvalue weighted by molar-refractivity contribution is 0.00630. The van der Waals surface area contributed by atoms with Crippen molar-refractivity contribution in [1.29, 1.82) is 5.26 Å². The minimum atomic E-state index is -0.573. The third kappa shape index (κ3) is 3.48. The van der Waals surface area contributed by atoms with Crippen LogP contribution < -0.4 is 0 Å². The molecule has 2 aromatic rings. The number of rotatable bonds is 2. The Hall–Kier alpha value is -2.61. The van der Waals surface area contributed by atoms with E-state index in [1.165, 1.54) is 0 Å². The molecule has 0 N–H and O–H groups in total. The predicted molar refractivity (Wildman–Crippen MR) is 78.5 cm³/mol. The van der Waals surface area contributed by atoms with Gasteiger partial charge in [0.1, 0.15) is 5.60 Å². The Morgan fingerprint density at radius 3 is 2.43 bits per heavy atom. The Balaban J connectivity index is 2.41. The molecule has 0 aliphatic carbocycles. The maximum absolute atomic E-state index is 12.2. The number of hydrogen-bond donors (Lipinski definition) is 0. The van der Waals surface area contributed by atoms with Crippen LogP contribution in [0, 0.1) is 11.3 Å². The SMILES string of the molecule is Cn1cc(-c2ccc(C#N)cc2)c(C(=O)OC(C)(C)C)n1. The van der Waals surface area contributed by atoms with Crippen LogP contribution in [-0.4, -0.2) is 21.4 Å². The van der Waals surface area contributed by atoms with Crippen molar-refractivity contribution in [2.75, 3.05) is 0 Å². The highest BCUT2D eigenvalue weighted by Gasteiger charge is 2.23. The average molecular weight is 283 g/mol. The molecule has 0 fully saturated rings. The van der Waals surface area contributed by atoms with Crippen LogP contribution in [0.15, 0.2) is 30.5 Å². The van der Waals surface area contributed by atoms with Crippen molar-refractivity contribution in [3.63, 3.8) is 0 Å². The topological polar surface area (TPSA) is 67.9 Å². The van der Waals surface area contributed by atoms with Crippen molar-refractivity contribution in [3.8, 4) is 17.2 Å². The quantitative estimate of drug-likeness (QED) is 0.795. The van der Waals surface area contributed by atoms with Gasteiger partial charge in [0.25, 0.3) is 0 Å². The number of nitrogens with zero attached hydrogens (tertiary/aromatic N) is 3. The molecule has 0 amide bonds. The predicted octanol–water partition coefficient (Wildman–Crippen LogP) is 2.91. The zero-order valence-corrected chi connectivity index (χ0v) is 12.5. The molecule has 0 aliphatic heterocycles. The molecule has 0 atom stereocenters. The first-order valence-corrected chi connectivity index (χ1v) is 6.58. The first-order chi connectivity index (χ1) is 9.80. The van der Waals surface area contributed by atoms with Crippen LogP contribution in [0.3, 0.4) is 0 Å². The van der Waals surface area contributed by atoms with E-state index in [9.17, 15) is 4.79 Å². The van der Waals surface area contributed by atoms with Gasteiger partial charge in [0, 0.05) is 18.8 Å². The second kappa shape index (κ2) is 5.41. The van der Waals surface area contributed by atoms with Crippen molar-refractivity contribution in [2.24, 2.45) is 7.05 Å². The third-order valence-corrected chi connectivity index (χ3v) is 2.75. The van der Waals surface area contributed by atoms with Crippen molar-refractivity contribution >= 4 is 5.97 Å². The van der Waals surface area contributed by atoms with E-state index in [0.717, 1.165) is 5.56 Å². The van der Waals surface area contributed by atoms with E-state index >= 15 is 0 Å². The molecule has 1 aromatic carbocycles. The van der Waals surface area contributed by atoms with E-state index in [1.54, 1.807) is 42.2 Å². The van der Waals surface area contributed by atoms with E-state index in [4.69, 9.17) is 10.00 Å². The molecule has 0 spiro atoms. The van der Waals surface area contributed by atoms with E-state index < -0.39 is 11.6 Å². The third-order valence-electron chi connectivity index (χ3n) is 2.75. The van der Waals surface area contributed by atoms with Crippen molar-refractivity contribution < 1.29 is 9.53 Å². The second-order valence-corrected chi connectivity index (χ2v) is 5.76. The fourth-order valence-corrected chi connectivity index (χ4v) is 1.90. The molecule has 1 aromatic heterocycles. The van der Waals surface area contributed by atoms with E-state index in [-0.39, 0.29) is 5.69 Å². The molecule has 0 radical (unpaired) electrons. The smallest absolute Gasteiger partial charge is 0.360 e. The van der Waals surface area contributed by atoms with Gasteiger partial charge in [-0.2, -0.15) is 10.4 Å². The van der Waals surface area contributed by atoms with Gasteiger partial charge in [-0.15, -0.1) is 0 Å². The van der Waals surface area contributed by atoms with Gasteiger partial charge in [0.15, 0.2) is 5.69 Å². The molecule has 21 heavy (non-hydrogen) atoms. The molecule has 5 nitrogen and oxygen atoms in total. The summed E-state index contributed by atoms with van der Waals surface area (Å²) in [6.45, 7) is 5.44. The van der Waals surface area contributed by atoms with E-state index in [1.807, 2.05) is 20.8 Å². The van der Waals surface area contributed by atoms with Crippen LogP contribution in [0.25, 0.3) is 11.1 Å². The molecule has 0 saturated heterocycles. The van der Waals surface area contributed by atoms with Gasteiger partial charge in [0.2, 0.25) is 0 Å². The number of esters is 1. The maximum atomic E-state index is 12.2. The molecule has 0 aliphatic rings. The number of ether oxygens (including phenoxy) is 1. The zero-order valence-electron chi connectivity index (χ0n) is 12.5. The van der Waals surface area contributed by atoms with Crippen molar-refractivity contribution in [2.45, 2.75) is 26.4 Å². The lowest BCUT2D eigenvalue weighted by Crippen LogP contribution is -2.24. The minimum absolute atomic E-state index is 0.275. The number of nitriles is 1. The van der Waals surface area contributed by atoms with Gasteiger partial charge >= 0.3 is 5.97 Å². The van der Waals surface area contributed by atoms with E-state index in [2.05, 4.69) is 11.2 Å². The first-order valence-electron chi connectivity index (χ1n) is 6.58. The first kappa shape index (κ1) is 14.8. The normalized spacial score (nSPS) is 11.0. The van der Waals surface area contributed by atoms with Crippen LogP contribution >= 0.6 is 0 Å². The number of aromatic nitrogens is 2. The summed E-state index contributed by atoms with van der Waals surface area (Å²) in [5, 5.41) is 13.0. The van der Waals surface area contributed by atoms with Gasteiger partial charge in [-0.1, -0.05) is 12.1 Å².